The summed E-state index contributed by atoms with van der Waals surface area (Å²) in [5.41, 5.74) is 0. The molecule has 0 aliphatic rings. The highest BCUT2D eigenvalue weighted by Crippen LogP contribution is 2.10. The van der Waals surface area contributed by atoms with E-state index in [0.29, 0.717) is 16.2 Å². The third kappa shape index (κ3) is 1.56. The number of aryl methyl sites for hydroxylation is 1. The summed E-state index contributed by atoms with van der Waals surface area (Å²) < 4.78 is 1.97. The van der Waals surface area contributed by atoms with E-state index in [1.54, 1.807) is 11.8 Å². The normalized spacial score (nSPS) is 12.0. The van der Waals surface area contributed by atoms with Crippen LogP contribution in [0.1, 0.15) is 0 Å². The van der Waals surface area contributed by atoms with Crippen molar-refractivity contribution in [1.29, 1.82) is 0 Å². The molecule has 0 N–H and O–H groups in total. The molecule has 2 heterocycles. The van der Waals surface area contributed by atoms with Gasteiger partial charge >= 0.3 is 0 Å². The second-order valence-electron chi connectivity index (χ2n) is 3.96. The molecule has 9 heteroatoms. The molecular weight excluding hydrogens is 198 g/mol. The second kappa shape index (κ2) is 3.05. The van der Waals surface area contributed by atoms with Gasteiger partial charge in [0, 0.05) is 12.3 Å². The van der Waals surface area contributed by atoms with Crippen molar-refractivity contribution >= 4 is 0 Å². The molecule has 0 bridgehead atoms. The highest BCUT2D eigenvalue weighted by atomic mass is 15.8. The van der Waals surface area contributed by atoms with E-state index < -0.39 is 0 Å². The molecule has 0 atom stereocenters. The molecule has 0 aliphatic heterocycles. The van der Waals surface area contributed by atoms with Crippen LogP contribution in [0.2, 0.25) is 0 Å². The first-order valence-electron chi connectivity index (χ1n) is 4.33. The molecule has 2 rings (SSSR count). The van der Waals surface area contributed by atoms with Crippen LogP contribution in [0.15, 0.2) is 0 Å². The van der Waals surface area contributed by atoms with Crippen LogP contribution in [0.5, 0.6) is 0 Å². The highest BCUT2D eigenvalue weighted by molar-refractivity contribution is 5.40. The SMILES string of the molecule is Cn1nnnc1-c1nnnn1[N+](C)(C)C. The molecule has 0 spiro atoms. The first-order chi connectivity index (χ1) is 7.00. The van der Waals surface area contributed by atoms with E-state index in [9.17, 15) is 0 Å². The van der Waals surface area contributed by atoms with Crippen LogP contribution < -0.4 is 4.59 Å². The third-order valence-corrected chi connectivity index (χ3v) is 1.84. The van der Waals surface area contributed by atoms with Crippen LogP contribution in [0.25, 0.3) is 11.6 Å². The predicted molar refractivity (Wildman–Crippen MR) is 50.9 cm³/mol. The molecule has 9 nitrogen and oxygen atoms in total. The lowest BCUT2D eigenvalue weighted by atomic mass is 10.6. The molecular formula is C6H12N9+. The quantitative estimate of drug-likeness (QED) is 0.543. The molecule has 0 amide bonds. The van der Waals surface area contributed by atoms with Gasteiger partial charge in [0.15, 0.2) is 0 Å². The summed E-state index contributed by atoms with van der Waals surface area (Å²) in [5.74, 6) is 1.07. The van der Waals surface area contributed by atoms with Crippen LogP contribution in [-0.2, 0) is 7.05 Å². The van der Waals surface area contributed by atoms with Gasteiger partial charge in [-0.05, 0) is 15.6 Å². The summed E-state index contributed by atoms with van der Waals surface area (Å²) >= 11 is 0. The lowest BCUT2D eigenvalue weighted by Gasteiger charge is -2.21. The van der Waals surface area contributed by atoms with Crippen molar-refractivity contribution in [1.82, 2.24) is 45.1 Å². The summed E-state index contributed by atoms with van der Waals surface area (Å²) in [7, 11) is 7.58. The third-order valence-electron chi connectivity index (χ3n) is 1.84. The van der Waals surface area contributed by atoms with Gasteiger partial charge in [-0.15, -0.1) is 5.10 Å². The Morgan fingerprint density at radius 2 is 1.53 bits per heavy atom. The summed E-state index contributed by atoms with van der Waals surface area (Å²) in [5, 5.41) is 22.6. The molecule has 0 fully saturated rings. The molecule has 0 saturated heterocycles. The van der Waals surface area contributed by atoms with Crippen molar-refractivity contribution < 1.29 is 0 Å². The number of quaternary nitrogens is 1. The molecule has 15 heavy (non-hydrogen) atoms. The van der Waals surface area contributed by atoms with Crippen LogP contribution in [0, 0.1) is 0 Å². The van der Waals surface area contributed by atoms with Crippen molar-refractivity contribution in [2.75, 3.05) is 21.1 Å². The van der Waals surface area contributed by atoms with Gasteiger partial charge in [0.2, 0.25) is 5.82 Å². The molecule has 0 radical (unpaired) electrons. The van der Waals surface area contributed by atoms with E-state index in [1.165, 1.54) is 4.68 Å². The molecule has 0 aliphatic carbocycles. The lowest BCUT2D eigenvalue weighted by Crippen LogP contribution is -2.48. The number of tetrazole rings is 2. The number of hydrogen-bond donors (Lipinski definition) is 0. The van der Waals surface area contributed by atoms with Gasteiger partial charge < -0.3 is 0 Å². The number of hydrogen-bond acceptors (Lipinski definition) is 6. The molecule has 2 aromatic heterocycles. The number of rotatable bonds is 2. The zero-order valence-corrected chi connectivity index (χ0v) is 9.02. The summed E-state index contributed by atoms with van der Waals surface area (Å²) in [6, 6.07) is 0. The summed E-state index contributed by atoms with van der Waals surface area (Å²) in [6.07, 6.45) is 0. The fourth-order valence-corrected chi connectivity index (χ4v) is 1.14. The van der Waals surface area contributed by atoms with Crippen LogP contribution in [0.3, 0.4) is 0 Å². The minimum atomic E-state index is 0.440. The zero-order valence-electron chi connectivity index (χ0n) is 9.02. The van der Waals surface area contributed by atoms with E-state index in [2.05, 4.69) is 31.1 Å². The minimum Gasteiger partial charge on any atom is -0.226 e. The average Bonchev–Trinajstić information content (AvgIpc) is 2.69. The van der Waals surface area contributed by atoms with E-state index >= 15 is 0 Å². The second-order valence-corrected chi connectivity index (χ2v) is 3.96. The van der Waals surface area contributed by atoms with Crippen molar-refractivity contribution in [3.05, 3.63) is 0 Å². The van der Waals surface area contributed by atoms with Crippen molar-refractivity contribution in [3.63, 3.8) is 0 Å². The first kappa shape index (κ1) is 9.65. The average molecular weight is 210 g/mol. The largest absolute Gasteiger partial charge is 0.275 e. The van der Waals surface area contributed by atoms with Gasteiger partial charge in [0.25, 0.3) is 5.82 Å². The maximum absolute atomic E-state index is 3.91. The standard InChI is InChI=1S/C6H12N9/c1-13-5(7-9-11-13)6-8-10-12-14(6)15(2,3)4/h1-4H3/q+1. The van der Waals surface area contributed by atoms with Crippen LogP contribution >= 0.6 is 0 Å². The molecule has 0 saturated carbocycles. The predicted octanol–water partition coefficient (Wildman–Crippen LogP) is -1.81. The Morgan fingerprint density at radius 1 is 0.933 bits per heavy atom. The van der Waals surface area contributed by atoms with E-state index in [-0.39, 0.29) is 0 Å². The Morgan fingerprint density at radius 3 is 2.07 bits per heavy atom. The first-order valence-corrected chi connectivity index (χ1v) is 4.33. The van der Waals surface area contributed by atoms with Crippen molar-refractivity contribution in [2.45, 2.75) is 0 Å². The van der Waals surface area contributed by atoms with Crippen LogP contribution in [0.4, 0.5) is 0 Å². The van der Waals surface area contributed by atoms with Gasteiger partial charge in [0.1, 0.15) is 0 Å². The van der Waals surface area contributed by atoms with Gasteiger partial charge in [-0.3, -0.25) is 0 Å². The fourth-order valence-electron chi connectivity index (χ4n) is 1.14. The number of aromatic nitrogens is 8. The van der Waals surface area contributed by atoms with Crippen molar-refractivity contribution in [2.24, 2.45) is 7.05 Å². The lowest BCUT2D eigenvalue weighted by molar-refractivity contribution is 0.223. The molecule has 0 unspecified atom stereocenters. The van der Waals surface area contributed by atoms with Gasteiger partial charge in [-0.2, -0.15) is 0 Å². The van der Waals surface area contributed by atoms with Crippen LogP contribution in [-0.4, -0.2) is 61.7 Å². The summed E-state index contributed by atoms with van der Waals surface area (Å²) in [4.78, 5) is 1.63. The zero-order chi connectivity index (χ0) is 11.1. The molecule has 2 aromatic rings. The smallest absolute Gasteiger partial charge is 0.226 e. The fraction of sp³-hybridized carbons (Fsp3) is 0.667. The van der Waals surface area contributed by atoms with E-state index in [0.717, 1.165) is 0 Å². The van der Waals surface area contributed by atoms with Gasteiger partial charge in [-0.1, -0.05) is 9.89 Å². The van der Waals surface area contributed by atoms with Gasteiger partial charge in [0.05, 0.1) is 21.1 Å². The van der Waals surface area contributed by atoms with Gasteiger partial charge in [-0.25, -0.2) is 9.27 Å². The molecule has 0 aromatic carbocycles. The maximum Gasteiger partial charge on any atom is 0.275 e. The Kier molecular flexibility index (Phi) is 1.96. The Bertz CT molecular complexity index is 461. The minimum absolute atomic E-state index is 0.440. The Balaban J connectivity index is 2.56. The topological polar surface area (TPSA) is 87.2 Å². The monoisotopic (exact) mass is 210 g/mol. The Labute approximate surface area is 85.9 Å². The highest BCUT2D eigenvalue weighted by Gasteiger charge is 2.23. The molecule has 80 valence electrons. The number of nitrogens with zero attached hydrogens (tertiary/aromatic N) is 9. The van der Waals surface area contributed by atoms with E-state index in [4.69, 9.17) is 0 Å². The Hall–Kier alpha value is -1.90. The van der Waals surface area contributed by atoms with Crippen molar-refractivity contribution in [3.8, 4) is 11.6 Å². The summed E-state index contributed by atoms with van der Waals surface area (Å²) in [6.45, 7) is 0. The van der Waals surface area contributed by atoms with E-state index in [1.807, 2.05) is 21.1 Å². The maximum atomic E-state index is 3.91.